The first-order valence-electron chi connectivity index (χ1n) is 8.07. The third-order valence-electron chi connectivity index (χ3n) is 4.18. The fourth-order valence-corrected chi connectivity index (χ4v) is 5.13. The van der Waals surface area contributed by atoms with Crippen LogP contribution in [0.2, 0.25) is 0 Å². The lowest BCUT2D eigenvalue weighted by atomic mass is 10.2. The quantitative estimate of drug-likeness (QED) is 0.636. The molecule has 1 unspecified atom stereocenters. The number of carboxylic acids is 1. The van der Waals surface area contributed by atoms with Crippen molar-refractivity contribution in [2.45, 2.75) is 23.1 Å². The lowest BCUT2D eigenvalue weighted by molar-refractivity contribution is -0.138. The minimum atomic E-state index is -1.33. The van der Waals surface area contributed by atoms with Gasteiger partial charge < -0.3 is 10.0 Å². The summed E-state index contributed by atoms with van der Waals surface area (Å²) in [5.74, 6) is -5.05. The Morgan fingerprint density at radius 1 is 1.21 bits per heavy atom. The van der Waals surface area contributed by atoms with E-state index in [1.54, 1.807) is 24.3 Å². The van der Waals surface area contributed by atoms with Crippen molar-refractivity contribution in [1.82, 2.24) is 4.98 Å². The van der Waals surface area contributed by atoms with Gasteiger partial charge in [-0.15, -0.1) is 23.1 Å². The Labute approximate surface area is 164 Å². The first-order valence-corrected chi connectivity index (χ1v) is 9.76. The molecule has 4 rings (SSSR count). The third-order valence-corrected chi connectivity index (χ3v) is 6.48. The minimum absolute atomic E-state index is 0.105. The molecule has 144 valence electrons. The summed E-state index contributed by atoms with van der Waals surface area (Å²) in [6.45, 7) is -0.105. The summed E-state index contributed by atoms with van der Waals surface area (Å²) in [5.41, 5.74) is 0.136. The number of thiazole rings is 1. The van der Waals surface area contributed by atoms with Gasteiger partial charge in [-0.25, -0.2) is 18.2 Å². The average Bonchev–Trinajstić information content (AvgIpc) is 3.07. The van der Waals surface area contributed by atoms with Crippen molar-refractivity contribution in [2.24, 2.45) is 0 Å². The van der Waals surface area contributed by atoms with Gasteiger partial charge in [0.25, 0.3) is 0 Å². The van der Waals surface area contributed by atoms with Crippen molar-refractivity contribution in [3.63, 3.8) is 0 Å². The summed E-state index contributed by atoms with van der Waals surface area (Å²) < 4.78 is 41.2. The lowest BCUT2D eigenvalue weighted by Gasteiger charge is -2.32. The van der Waals surface area contributed by atoms with Crippen LogP contribution in [0.15, 0.2) is 35.2 Å². The number of aromatic nitrogens is 1. The second-order valence-corrected chi connectivity index (χ2v) is 8.36. The van der Waals surface area contributed by atoms with E-state index >= 15 is 0 Å². The lowest BCUT2D eigenvalue weighted by Crippen LogP contribution is -2.41. The Morgan fingerprint density at radius 3 is 2.71 bits per heavy atom. The molecule has 0 radical (unpaired) electrons. The van der Waals surface area contributed by atoms with Gasteiger partial charge in [0.15, 0.2) is 11.6 Å². The Kier molecular flexibility index (Phi) is 4.76. The SMILES string of the molecule is O=C(O)CC1Sc2ccccc2N(Cc2nc3c(F)c(F)cc(F)c3s2)C1=O. The molecule has 1 aromatic heterocycles. The number of aliphatic carboxylic acids is 1. The molecule has 0 spiro atoms. The fraction of sp³-hybridized carbons (Fsp3) is 0.167. The Bertz CT molecular complexity index is 1120. The van der Waals surface area contributed by atoms with E-state index in [0.717, 1.165) is 28.0 Å². The number of rotatable bonds is 4. The normalized spacial score (nSPS) is 16.5. The first-order chi connectivity index (χ1) is 13.3. The second-order valence-electron chi connectivity index (χ2n) is 6.04. The molecule has 28 heavy (non-hydrogen) atoms. The molecule has 1 N–H and O–H groups in total. The van der Waals surface area contributed by atoms with Crippen molar-refractivity contribution in [3.8, 4) is 0 Å². The number of carbonyl (C=O) groups excluding carboxylic acids is 1. The van der Waals surface area contributed by atoms with E-state index in [0.29, 0.717) is 11.8 Å². The van der Waals surface area contributed by atoms with Gasteiger partial charge in [-0.2, -0.15) is 0 Å². The van der Waals surface area contributed by atoms with Crippen LogP contribution in [0, 0.1) is 17.5 Å². The highest BCUT2D eigenvalue weighted by Gasteiger charge is 2.35. The van der Waals surface area contributed by atoms with Gasteiger partial charge in [-0.1, -0.05) is 12.1 Å². The van der Waals surface area contributed by atoms with Crippen LogP contribution in [0.3, 0.4) is 0 Å². The minimum Gasteiger partial charge on any atom is -0.481 e. The monoisotopic (exact) mass is 424 g/mol. The Balaban J connectivity index is 1.74. The van der Waals surface area contributed by atoms with Crippen LogP contribution < -0.4 is 4.90 Å². The first kappa shape index (κ1) is 18.8. The molecule has 1 aliphatic rings. The number of carboxylic acid groups (broad SMARTS) is 1. The number of halogens is 3. The summed E-state index contributed by atoms with van der Waals surface area (Å²) in [7, 11) is 0. The van der Waals surface area contributed by atoms with Gasteiger partial charge in [-0.05, 0) is 12.1 Å². The number of fused-ring (bicyclic) bond motifs is 2. The highest BCUT2D eigenvalue weighted by atomic mass is 32.2. The molecule has 1 atom stereocenters. The van der Waals surface area contributed by atoms with Gasteiger partial charge in [0.2, 0.25) is 5.91 Å². The topological polar surface area (TPSA) is 70.5 Å². The van der Waals surface area contributed by atoms with Gasteiger partial charge in [0.05, 0.1) is 28.6 Å². The molecule has 0 saturated carbocycles. The van der Waals surface area contributed by atoms with Crippen LogP contribution in [0.5, 0.6) is 0 Å². The maximum atomic E-state index is 14.0. The van der Waals surface area contributed by atoms with Crippen LogP contribution in [0.1, 0.15) is 11.4 Å². The maximum absolute atomic E-state index is 14.0. The maximum Gasteiger partial charge on any atom is 0.305 e. The summed E-state index contributed by atoms with van der Waals surface area (Å²) >= 11 is 1.98. The van der Waals surface area contributed by atoms with Crippen LogP contribution >= 0.6 is 23.1 Å². The zero-order valence-electron chi connectivity index (χ0n) is 14.0. The van der Waals surface area contributed by atoms with Crippen LogP contribution in [0.25, 0.3) is 10.2 Å². The molecule has 10 heteroatoms. The van der Waals surface area contributed by atoms with Crippen molar-refractivity contribution in [2.75, 3.05) is 4.90 Å². The largest absolute Gasteiger partial charge is 0.481 e. The number of para-hydroxylation sites is 1. The predicted molar refractivity (Wildman–Crippen MR) is 99.0 cm³/mol. The zero-order chi connectivity index (χ0) is 20.0. The molecule has 3 aromatic rings. The van der Waals surface area contributed by atoms with E-state index < -0.39 is 40.1 Å². The molecule has 5 nitrogen and oxygen atoms in total. The predicted octanol–water partition coefficient (Wildman–Crippen LogP) is 4.20. The zero-order valence-corrected chi connectivity index (χ0v) is 15.6. The highest BCUT2D eigenvalue weighted by Crippen LogP contribution is 2.41. The fourth-order valence-electron chi connectivity index (χ4n) is 2.96. The Hall–Kier alpha value is -2.59. The van der Waals surface area contributed by atoms with Gasteiger partial charge in [0, 0.05) is 11.0 Å². The molecular formula is C18H11F3N2O3S2. The van der Waals surface area contributed by atoms with E-state index in [2.05, 4.69) is 4.98 Å². The van der Waals surface area contributed by atoms with Crippen LogP contribution in [-0.2, 0) is 16.1 Å². The van der Waals surface area contributed by atoms with E-state index in [1.165, 1.54) is 4.90 Å². The number of hydrogen-bond donors (Lipinski definition) is 1. The number of nitrogens with zero attached hydrogens (tertiary/aromatic N) is 2. The van der Waals surface area contributed by atoms with Gasteiger partial charge in [-0.3, -0.25) is 9.59 Å². The number of thioether (sulfide) groups is 1. The van der Waals surface area contributed by atoms with Crippen LogP contribution in [-0.4, -0.2) is 27.2 Å². The number of amides is 1. The molecular weight excluding hydrogens is 413 g/mol. The van der Waals surface area contributed by atoms with E-state index in [1.807, 2.05) is 0 Å². The number of hydrogen-bond acceptors (Lipinski definition) is 5. The molecule has 0 saturated heterocycles. The van der Waals surface area contributed by atoms with Crippen molar-refractivity contribution < 1.29 is 27.9 Å². The molecule has 1 aliphatic heterocycles. The summed E-state index contributed by atoms with van der Waals surface area (Å²) in [4.78, 5) is 30.0. The summed E-state index contributed by atoms with van der Waals surface area (Å²) in [5, 5.41) is 8.46. The van der Waals surface area contributed by atoms with Crippen molar-refractivity contribution in [3.05, 3.63) is 52.8 Å². The molecule has 0 fully saturated rings. The smallest absolute Gasteiger partial charge is 0.305 e. The third kappa shape index (κ3) is 3.22. The Morgan fingerprint density at radius 2 is 1.96 bits per heavy atom. The van der Waals surface area contributed by atoms with E-state index in [-0.39, 0.29) is 22.7 Å². The van der Waals surface area contributed by atoms with Gasteiger partial charge in [0.1, 0.15) is 16.3 Å². The number of benzene rings is 2. The second kappa shape index (κ2) is 7.10. The van der Waals surface area contributed by atoms with Gasteiger partial charge >= 0.3 is 5.97 Å². The summed E-state index contributed by atoms with van der Waals surface area (Å²) in [6.07, 6.45) is -0.358. The number of carbonyl (C=O) groups is 2. The number of anilines is 1. The van der Waals surface area contributed by atoms with Crippen molar-refractivity contribution in [1.29, 1.82) is 0 Å². The highest BCUT2D eigenvalue weighted by molar-refractivity contribution is 8.01. The molecule has 1 amide bonds. The van der Waals surface area contributed by atoms with Crippen molar-refractivity contribution >= 4 is 50.9 Å². The summed E-state index contributed by atoms with van der Waals surface area (Å²) in [6, 6.07) is 7.42. The molecule has 2 aromatic carbocycles. The standard InChI is InChI=1S/C18H11F3N2O3S2/c19-8-5-9(20)17-16(15(8)21)22-13(28-17)7-23-10-3-1-2-4-11(10)27-12(18(23)26)6-14(24)25/h1-5,12H,6-7H2,(H,24,25). The van der Waals surface area contributed by atoms with E-state index in [9.17, 15) is 22.8 Å². The molecule has 0 aliphatic carbocycles. The molecule has 0 bridgehead atoms. The van der Waals surface area contributed by atoms with Crippen LogP contribution in [0.4, 0.5) is 18.9 Å². The molecule has 2 heterocycles. The van der Waals surface area contributed by atoms with E-state index in [4.69, 9.17) is 5.11 Å². The average molecular weight is 424 g/mol.